The number of benzene rings is 2. The number of rotatable bonds is 18. The van der Waals surface area contributed by atoms with Gasteiger partial charge in [-0.05, 0) is 55.4 Å². The molecule has 1 unspecified atom stereocenters. The molecule has 0 spiro atoms. The molecule has 0 aliphatic heterocycles. The maximum atomic E-state index is 13.2. The third-order valence-corrected chi connectivity index (χ3v) is 7.62. The van der Waals surface area contributed by atoms with Gasteiger partial charge in [0.25, 0.3) is 11.8 Å². The molecule has 3 rings (SSSR count). The number of nitrogens with one attached hydrogen (secondary N) is 3. The predicted octanol–water partition coefficient (Wildman–Crippen LogP) is 3.46. The minimum atomic E-state index is -1.35. The number of carboxylic acids is 2. The van der Waals surface area contributed by atoms with Crippen LogP contribution in [-0.2, 0) is 33.8 Å². The number of halogens is 1. The Morgan fingerprint density at radius 2 is 1.61 bits per heavy atom. The van der Waals surface area contributed by atoms with Crippen LogP contribution < -0.4 is 16.1 Å². The minimum absolute atomic E-state index is 0.0297. The van der Waals surface area contributed by atoms with Crippen LogP contribution in [0.3, 0.4) is 0 Å². The molecule has 0 fully saturated rings. The summed E-state index contributed by atoms with van der Waals surface area (Å²) < 4.78 is 1.72. The smallest absolute Gasteiger partial charge is 0.335 e. The van der Waals surface area contributed by atoms with Crippen molar-refractivity contribution in [1.82, 2.24) is 25.7 Å². The molecule has 6 N–H and O–H groups in total. The Balaban J connectivity index is 1.60. The Kier molecular flexibility index (Phi) is 13.7. The zero-order valence-electron chi connectivity index (χ0n) is 25.4. The second kappa shape index (κ2) is 17.7. The zero-order chi connectivity index (χ0) is 33.6. The fourth-order valence-corrected chi connectivity index (χ4v) is 5.12. The number of carboxylic acid groups (broad SMARTS) is 2. The second-order valence-corrected chi connectivity index (χ2v) is 11.1. The molecule has 0 saturated carbocycles. The fourth-order valence-electron chi connectivity index (χ4n) is 4.84. The number of aryl methyl sites for hydroxylation is 1. The third kappa shape index (κ3) is 10.1. The van der Waals surface area contributed by atoms with Gasteiger partial charge in [-0.1, -0.05) is 67.4 Å². The normalized spacial score (nSPS) is 12.2. The van der Waals surface area contributed by atoms with Crippen LogP contribution >= 0.6 is 11.6 Å². The van der Waals surface area contributed by atoms with Crippen LogP contribution in [0, 0.1) is 5.92 Å². The molecule has 3 aromatic rings. The van der Waals surface area contributed by atoms with Crippen molar-refractivity contribution < 1.29 is 39.4 Å². The molecule has 0 saturated heterocycles. The highest BCUT2D eigenvalue weighted by Crippen LogP contribution is 2.21. The van der Waals surface area contributed by atoms with Crippen molar-refractivity contribution in [2.24, 2.45) is 5.92 Å². The first-order valence-electron chi connectivity index (χ1n) is 14.9. The third-order valence-electron chi connectivity index (χ3n) is 7.36. The second-order valence-electron chi connectivity index (χ2n) is 10.7. The lowest BCUT2D eigenvalue weighted by atomic mass is 9.97. The summed E-state index contributed by atoms with van der Waals surface area (Å²) in [6.45, 7) is 2.46. The van der Waals surface area contributed by atoms with Crippen LogP contribution in [0.2, 0.25) is 5.15 Å². The molecule has 246 valence electrons. The number of aromatic carboxylic acids is 1. The highest BCUT2D eigenvalue weighted by atomic mass is 35.5. The minimum Gasteiger partial charge on any atom is -0.480 e. The number of nitrogens with zero attached hydrogens (tertiary/aromatic N) is 2. The van der Waals surface area contributed by atoms with E-state index in [2.05, 4.69) is 15.6 Å². The van der Waals surface area contributed by atoms with Crippen LogP contribution in [0.4, 0.5) is 0 Å². The van der Waals surface area contributed by atoms with Crippen LogP contribution in [0.25, 0.3) is 0 Å². The molecule has 0 bridgehead atoms. The van der Waals surface area contributed by atoms with Crippen molar-refractivity contribution in [3.05, 3.63) is 88.0 Å². The van der Waals surface area contributed by atoms with E-state index >= 15 is 0 Å². The average molecular weight is 656 g/mol. The summed E-state index contributed by atoms with van der Waals surface area (Å²) >= 11 is 6.41. The monoisotopic (exact) mass is 655 g/mol. The van der Waals surface area contributed by atoms with Gasteiger partial charge in [0.1, 0.15) is 23.5 Å². The van der Waals surface area contributed by atoms with Gasteiger partial charge in [-0.25, -0.2) is 20.1 Å². The van der Waals surface area contributed by atoms with Crippen molar-refractivity contribution in [3.8, 4) is 0 Å². The Morgan fingerprint density at radius 1 is 0.913 bits per heavy atom. The molecule has 46 heavy (non-hydrogen) atoms. The Morgan fingerprint density at radius 3 is 2.22 bits per heavy atom. The van der Waals surface area contributed by atoms with Gasteiger partial charge in [0.2, 0.25) is 5.91 Å². The maximum Gasteiger partial charge on any atom is 0.335 e. The van der Waals surface area contributed by atoms with Gasteiger partial charge >= 0.3 is 11.9 Å². The Hall–Kier alpha value is -4.75. The van der Waals surface area contributed by atoms with E-state index in [9.17, 15) is 34.2 Å². The molecular weight excluding hydrogens is 618 g/mol. The lowest BCUT2D eigenvalue weighted by Gasteiger charge is -2.19. The number of hydrogen-bond acceptors (Lipinski definition) is 7. The summed E-state index contributed by atoms with van der Waals surface area (Å²) in [7, 11) is 0. The predicted molar refractivity (Wildman–Crippen MR) is 168 cm³/mol. The van der Waals surface area contributed by atoms with Gasteiger partial charge in [-0.15, -0.1) is 0 Å². The molecule has 2 aromatic carbocycles. The lowest BCUT2D eigenvalue weighted by Crippen LogP contribution is -2.48. The van der Waals surface area contributed by atoms with Gasteiger partial charge in [0, 0.05) is 19.5 Å². The van der Waals surface area contributed by atoms with Gasteiger partial charge in [-0.2, -0.15) is 0 Å². The number of aromatic nitrogens is 2. The first kappa shape index (κ1) is 35.7. The van der Waals surface area contributed by atoms with E-state index in [0.29, 0.717) is 30.7 Å². The van der Waals surface area contributed by atoms with E-state index in [0.717, 1.165) is 18.4 Å². The Bertz CT molecular complexity index is 1510. The zero-order valence-corrected chi connectivity index (χ0v) is 26.1. The molecule has 0 radical (unpaired) electrons. The van der Waals surface area contributed by atoms with Crippen LogP contribution in [0.1, 0.15) is 76.8 Å². The molecule has 13 nitrogen and oxygen atoms in total. The number of unbranched alkanes of at least 4 members (excludes halogenated alkanes) is 2. The molecule has 0 aliphatic carbocycles. The number of carbonyl (C=O) groups excluding carboxylic acids is 3. The van der Waals surface area contributed by atoms with Crippen LogP contribution in [0.5, 0.6) is 0 Å². The molecule has 0 aliphatic rings. The van der Waals surface area contributed by atoms with Crippen molar-refractivity contribution in [3.63, 3.8) is 0 Å². The van der Waals surface area contributed by atoms with E-state index in [-0.39, 0.29) is 42.3 Å². The largest absolute Gasteiger partial charge is 0.480 e. The SMILES string of the molecule is CCCCc1nc(Cl)c(C(=O)NCCCC[C@H](NC(=O)C(Cc2ccccc2)C(=O)NO)C(=O)O)n1Cc1ccc(C(=O)O)cc1. The number of imidazole rings is 1. The Labute approximate surface area is 270 Å². The summed E-state index contributed by atoms with van der Waals surface area (Å²) in [6.07, 6.45) is 3.00. The van der Waals surface area contributed by atoms with E-state index in [1.165, 1.54) is 17.6 Å². The summed E-state index contributed by atoms with van der Waals surface area (Å²) in [4.78, 5) is 65.8. The highest BCUT2D eigenvalue weighted by Gasteiger charge is 2.30. The van der Waals surface area contributed by atoms with E-state index in [4.69, 9.17) is 16.8 Å². The average Bonchev–Trinajstić information content (AvgIpc) is 3.35. The molecule has 2 atom stereocenters. The molecular formula is C32H38ClN5O8. The summed E-state index contributed by atoms with van der Waals surface area (Å²) in [6, 6.07) is 13.7. The number of hydrogen-bond donors (Lipinski definition) is 6. The van der Waals surface area contributed by atoms with Crippen molar-refractivity contribution >= 4 is 41.3 Å². The fraction of sp³-hybridized carbons (Fsp3) is 0.375. The standard InChI is InChI=1S/C32H38ClN5O8/c1-2-3-12-25-36-27(33)26(38(25)19-21-13-15-22(16-14-21)31(42)43)30(41)34-17-8-7-11-24(32(44)45)35-28(39)23(29(40)37-46)18-20-9-5-4-6-10-20/h4-6,9-10,13-16,23-24,46H,2-3,7-8,11-12,17-19H2,1H3,(H,34,41)(H,35,39)(H,37,40)(H,42,43)(H,44,45)/t23?,24-/m0/s1. The van der Waals surface area contributed by atoms with E-state index in [1.54, 1.807) is 47.0 Å². The molecule has 3 amide bonds. The van der Waals surface area contributed by atoms with Gasteiger partial charge in [0.05, 0.1) is 5.56 Å². The van der Waals surface area contributed by atoms with Crippen LogP contribution in [0.15, 0.2) is 54.6 Å². The van der Waals surface area contributed by atoms with Gasteiger partial charge < -0.3 is 25.4 Å². The van der Waals surface area contributed by atoms with Gasteiger partial charge in [0.15, 0.2) is 5.15 Å². The number of aliphatic carboxylic acids is 1. The summed E-state index contributed by atoms with van der Waals surface area (Å²) in [5.74, 6) is -5.31. The lowest BCUT2D eigenvalue weighted by molar-refractivity contribution is -0.146. The summed E-state index contributed by atoms with van der Waals surface area (Å²) in [5, 5.41) is 33.2. The molecule has 1 aromatic heterocycles. The van der Waals surface area contributed by atoms with E-state index < -0.39 is 41.6 Å². The van der Waals surface area contributed by atoms with Crippen molar-refractivity contribution in [2.45, 2.75) is 64.5 Å². The van der Waals surface area contributed by atoms with Crippen molar-refractivity contribution in [1.29, 1.82) is 0 Å². The quantitative estimate of drug-likeness (QED) is 0.0514. The maximum absolute atomic E-state index is 13.2. The van der Waals surface area contributed by atoms with Crippen LogP contribution in [-0.4, -0.2) is 67.2 Å². The van der Waals surface area contributed by atoms with E-state index in [1.807, 2.05) is 6.92 Å². The first-order chi connectivity index (χ1) is 22.0. The number of amides is 3. The van der Waals surface area contributed by atoms with Gasteiger partial charge in [-0.3, -0.25) is 19.6 Å². The topological polar surface area (TPSA) is 200 Å². The first-order valence-corrected chi connectivity index (χ1v) is 15.3. The highest BCUT2D eigenvalue weighted by molar-refractivity contribution is 6.32. The van der Waals surface area contributed by atoms with Crippen molar-refractivity contribution in [2.75, 3.05) is 6.54 Å². The molecule has 1 heterocycles. The number of hydroxylamine groups is 1. The number of carbonyl (C=O) groups is 5. The summed E-state index contributed by atoms with van der Waals surface area (Å²) in [5.41, 5.74) is 3.19. The molecule has 14 heteroatoms.